The van der Waals surface area contributed by atoms with Crippen molar-refractivity contribution < 1.29 is 9.47 Å². The number of H-pyrrole nitrogens is 1. The Kier molecular flexibility index (Phi) is 3.29. The maximum absolute atomic E-state index is 5.78. The lowest BCUT2D eigenvalue weighted by atomic mass is 9.88. The van der Waals surface area contributed by atoms with Crippen molar-refractivity contribution in [1.82, 2.24) is 4.98 Å². The number of hydrogen-bond donors (Lipinski definition) is 1. The van der Waals surface area contributed by atoms with Gasteiger partial charge in [-0.05, 0) is 34.4 Å². The number of nitrogens with one attached hydrogen (secondary N) is 1. The summed E-state index contributed by atoms with van der Waals surface area (Å²) in [6, 6.07) is 21.1. The second kappa shape index (κ2) is 5.67. The van der Waals surface area contributed by atoms with Gasteiger partial charge in [0.15, 0.2) is 0 Å². The van der Waals surface area contributed by atoms with Crippen molar-refractivity contribution in [2.75, 3.05) is 14.2 Å². The molecular formula is C23H19NO2. The Morgan fingerprint density at radius 2 is 1.62 bits per heavy atom. The van der Waals surface area contributed by atoms with Crippen LogP contribution in [0.4, 0.5) is 0 Å². The number of fused-ring (bicyclic) bond motifs is 4. The van der Waals surface area contributed by atoms with Gasteiger partial charge in [0.1, 0.15) is 11.5 Å². The number of ether oxygens (including phenoxy) is 2. The molecule has 3 aromatic carbocycles. The van der Waals surface area contributed by atoms with Crippen molar-refractivity contribution >= 4 is 10.9 Å². The Bertz CT molecular complexity index is 1130. The minimum atomic E-state index is 0.137. The molecule has 1 aliphatic carbocycles. The summed E-state index contributed by atoms with van der Waals surface area (Å²) in [6.45, 7) is 0. The van der Waals surface area contributed by atoms with Crippen molar-refractivity contribution in [1.29, 1.82) is 0 Å². The molecule has 0 spiro atoms. The van der Waals surface area contributed by atoms with Crippen LogP contribution in [0, 0.1) is 0 Å². The zero-order chi connectivity index (χ0) is 17.7. The van der Waals surface area contributed by atoms with Crippen LogP contribution in [0.2, 0.25) is 0 Å². The molecule has 128 valence electrons. The summed E-state index contributed by atoms with van der Waals surface area (Å²) in [5.41, 5.74) is 7.37. The number of methoxy groups -OCH3 is 2. The molecule has 3 heteroatoms. The molecule has 3 nitrogen and oxygen atoms in total. The molecule has 5 rings (SSSR count). The fraction of sp³-hybridized carbons (Fsp3) is 0.130. The van der Waals surface area contributed by atoms with Crippen LogP contribution in [-0.2, 0) is 0 Å². The van der Waals surface area contributed by atoms with E-state index in [1.165, 1.54) is 33.2 Å². The molecule has 0 bridgehead atoms. The van der Waals surface area contributed by atoms with Crippen LogP contribution in [0.5, 0.6) is 11.5 Å². The fourth-order valence-corrected chi connectivity index (χ4v) is 4.21. The molecule has 1 N–H and O–H groups in total. The third kappa shape index (κ3) is 2.00. The molecule has 4 aromatic rings. The summed E-state index contributed by atoms with van der Waals surface area (Å²) in [6.07, 6.45) is 2.13. The molecule has 1 aliphatic rings. The maximum atomic E-state index is 5.78. The van der Waals surface area contributed by atoms with Gasteiger partial charge in [-0.3, -0.25) is 0 Å². The van der Waals surface area contributed by atoms with E-state index in [-0.39, 0.29) is 5.92 Å². The standard InChI is InChI=1S/C23H19NO2/c1-25-14-11-18-15-7-3-4-9-17(15)22(23(18)21(12-14)26-2)19-13-24-20-10-6-5-8-16(19)20/h3-13,22,24H,1-2H3. The van der Waals surface area contributed by atoms with Crippen LogP contribution in [-0.4, -0.2) is 19.2 Å². The summed E-state index contributed by atoms with van der Waals surface area (Å²) < 4.78 is 11.3. The molecule has 0 aliphatic heterocycles. The zero-order valence-corrected chi connectivity index (χ0v) is 14.7. The maximum Gasteiger partial charge on any atom is 0.127 e. The first-order chi connectivity index (χ1) is 12.8. The van der Waals surface area contributed by atoms with Gasteiger partial charge in [-0.2, -0.15) is 0 Å². The van der Waals surface area contributed by atoms with Gasteiger partial charge in [0.25, 0.3) is 0 Å². The fourth-order valence-electron chi connectivity index (χ4n) is 4.21. The van der Waals surface area contributed by atoms with Gasteiger partial charge >= 0.3 is 0 Å². The topological polar surface area (TPSA) is 34.2 Å². The zero-order valence-electron chi connectivity index (χ0n) is 14.7. The lowest BCUT2D eigenvalue weighted by Crippen LogP contribution is -2.01. The van der Waals surface area contributed by atoms with Crippen LogP contribution < -0.4 is 9.47 Å². The van der Waals surface area contributed by atoms with Crippen LogP contribution in [0.1, 0.15) is 22.6 Å². The van der Waals surface area contributed by atoms with Gasteiger partial charge in [0.2, 0.25) is 0 Å². The molecule has 0 radical (unpaired) electrons. The SMILES string of the molecule is COc1cc(OC)c2c(c1)-c1ccccc1C2c1c[nH]c2ccccc12. The number of para-hydroxylation sites is 1. The first-order valence-corrected chi connectivity index (χ1v) is 8.73. The molecule has 1 unspecified atom stereocenters. The van der Waals surface area contributed by atoms with Crippen LogP contribution in [0.25, 0.3) is 22.0 Å². The highest BCUT2D eigenvalue weighted by Crippen LogP contribution is 2.53. The Morgan fingerprint density at radius 3 is 2.46 bits per heavy atom. The van der Waals surface area contributed by atoms with E-state index in [1.807, 2.05) is 6.07 Å². The van der Waals surface area contributed by atoms with Crippen molar-refractivity contribution in [3.05, 3.63) is 83.6 Å². The van der Waals surface area contributed by atoms with E-state index < -0.39 is 0 Å². The highest BCUT2D eigenvalue weighted by Gasteiger charge is 2.34. The van der Waals surface area contributed by atoms with E-state index in [0.29, 0.717) is 0 Å². The lowest BCUT2D eigenvalue weighted by molar-refractivity contribution is 0.391. The number of aromatic nitrogens is 1. The molecule has 0 saturated carbocycles. The summed E-state index contributed by atoms with van der Waals surface area (Å²) in [5, 5.41) is 1.25. The third-order valence-corrected chi connectivity index (χ3v) is 5.35. The minimum absolute atomic E-state index is 0.137. The highest BCUT2D eigenvalue weighted by atomic mass is 16.5. The van der Waals surface area contributed by atoms with E-state index in [1.54, 1.807) is 14.2 Å². The smallest absolute Gasteiger partial charge is 0.127 e. The molecule has 1 heterocycles. The highest BCUT2D eigenvalue weighted by molar-refractivity contribution is 5.90. The molecule has 0 amide bonds. The van der Waals surface area contributed by atoms with Gasteiger partial charge in [0, 0.05) is 34.6 Å². The predicted octanol–water partition coefficient (Wildman–Crippen LogP) is 5.35. The molecular weight excluding hydrogens is 322 g/mol. The van der Waals surface area contributed by atoms with E-state index in [4.69, 9.17) is 9.47 Å². The number of hydrogen-bond acceptors (Lipinski definition) is 2. The Balaban J connectivity index is 1.85. The van der Waals surface area contributed by atoms with E-state index >= 15 is 0 Å². The average Bonchev–Trinajstić information content (AvgIpc) is 3.26. The van der Waals surface area contributed by atoms with Gasteiger partial charge in [0.05, 0.1) is 14.2 Å². The van der Waals surface area contributed by atoms with E-state index in [0.717, 1.165) is 17.0 Å². The Morgan fingerprint density at radius 1 is 0.808 bits per heavy atom. The molecule has 0 saturated heterocycles. The summed E-state index contributed by atoms with van der Waals surface area (Å²) in [7, 11) is 3.42. The summed E-state index contributed by atoms with van der Waals surface area (Å²) in [5.74, 6) is 1.82. The third-order valence-electron chi connectivity index (χ3n) is 5.35. The minimum Gasteiger partial charge on any atom is -0.497 e. The van der Waals surface area contributed by atoms with E-state index in [9.17, 15) is 0 Å². The normalized spacial score (nSPS) is 14.9. The van der Waals surface area contributed by atoms with Crippen LogP contribution in [0.15, 0.2) is 66.9 Å². The van der Waals surface area contributed by atoms with Gasteiger partial charge in [-0.15, -0.1) is 0 Å². The van der Waals surface area contributed by atoms with Crippen LogP contribution >= 0.6 is 0 Å². The summed E-state index contributed by atoms with van der Waals surface area (Å²) in [4.78, 5) is 3.42. The van der Waals surface area contributed by atoms with Crippen LogP contribution in [0.3, 0.4) is 0 Å². The van der Waals surface area contributed by atoms with Crippen molar-refractivity contribution in [2.24, 2.45) is 0 Å². The largest absolute Gasteiger partial charge is 0.497 e. The van der Waals surface area contributed by atoms with Crippen molar-refractivity contribution in [2.45, 2.75) is 5.92 Å². The van der Waals surface area contributed by atoms with Crippen molar-refractivity contribution in [3.63, 3.8) is 0 Å². The van der Waals surface area contributed by atoms with E-state index in [2.05, 4.69) is 65.8 Å². The summed E-state index contributed by atoms with van der Waals surface area (Å²) >= 11 is 0. The number of rotatable bonds is 3. The number of aromatic amines is 1. The van der Waals surface area contributed by atoms with Gasteiger partial charge in [-0.25, -0.2) is 0 Å². The Hall–Kier alpha value is -3.20. The second-order valence-corrected chi connectivity index (χ2v) is 6.60. The molecule has 26 heavy (non-hydrogen) atoms. The molecule has 0 fully saturated rings. The first-order valence-electron chi connectivity index (χ1n) is 8.73. The monoisotopic (exact) mass is 341 g/mol. The quantitative estimate of drug-likeness (QED) is 0.480. The van der Waals surface area contributed by atoms with Gasteiger partial charge < -0.3 is 14.5 Å². The number of benzene rings is 3. The van der Waals surface area contributed by atoms with Crippen molar-refractivity contribution in [3.8, 4) is 22.6 Å². The second-order valence-electron chi connectivity index (χ2n) is 6.60. The van der Waals surface area contributed by atoms with Gasteiger partial charge in [-0.1, -0.05) is 42.5 Å². The lowest BCUT2D eigenvalue weighted by Gasteiger charge is -2.17. The molecule has 1 atom stereocenters. The average molecular weight is 341 g/mol. The molecule has 1 aromatic heterocycles. The Labute approximate surface area is 152 Å². The predicted molar refractivity (Wildman–Crippen MR) is 104 cm³/mol. The first kappa shape index (κ1) is 15.1.